The van der Waals surface area contributed by atoms with Crippen molar-refractivity contribution in [3.05, 3.63) is 65.1 Å². The maximum atomic E-state index is 8.74. The van der Waals surface area contributed by atoms with Crippen LogP contribution in [0.1, 0.15) is 0 Å². The highest BCUT2D eigenvalue weighted by atomic mass is 79.9. The average Bonchev–Trinajstić information content (AvgIpc) is 2.26. The maximum absolute atomic E-state index is 8.74. The molecule has 0 aliphatic carbocycles. The van der Waals surface area contributed by atoms with Crippen molar-refractivity contribution in [2.75, 3.05) is 0 Å². The molecule has 0 bridgehead atoms. The van der Waals surface area contributed by atoms with Crippen molar-refractivity contribution in [2.45, 2.75) is 0 Å². The Hall–Kier alpha value is -1.28. The van der Waals surface area contributed by atoms with E-state index in [4.69, 9.17) is 5.11 Å². The van der Waals surface area contributed by atoms with Gasteiger partial charge in [-0.1, -0.05) is 52.3 Å². The standard InChI is InChI=1S/C6H5BrO.C6H6/c7-5-1-3-6(8)4-2-5;1-2-4-6-5-3-1/h1-4,8H;1-6H. The van der Waals surface area contributed by atoms with Crippen LogP contribution in [-0.4, -0.2) is 5.11 Å². The Bertz CT molecular complexity index is 295. The molecule has 0 fully saturated rings. The van der Waals surface area contributed by atoms with Gasteiger partial charge in [-0.05, 0) is 24.3 Å². The molecule has 0 amide bonds. The molecule has 2 heteroatoms. The molecule has 0 saturated carbocycles. The van der Waals surface area contributed by atoms with Crippen LogP contribution in [0.4, 0.5) is 0 Å². The number of hydrogen-bond acceptors (Lipinski definition) is 1. The van der Waals surface area contributed by atoms with E-state index >= 15 is 0 Å². The number of halogens is 1. The van der Waals surface area contributed by atoms with E-state index in [9.17, 15) is 0 Å². The molecule has 0 atom stereocenters. The number of aromatic hydroxyl groups is 1. The molecule has 0 aliphatic rings. The van der Waals surface area contributed by atoms with Gasteiger partial charge in [0.25, 0.3) is 0 Å². The van der Waals surface area contributed by atoms with E-state index in [1.807, 2.05) is 36.4 Å². The molecule has 0 saturated heterocycles. The van der Waals surface area contributed by atoms with E-state index in [1.54, 1.807) is 24.3 Å². The zero-order chi connectivity index (χ0) is 10.2. The van der Waals surface area contributed by atoms with Gasteiger partial charge in [0.1, 0.15) is 5.75 Å². The van der Waals surface area contributed by atoms with Crippen LogP contribution in [0.3, 0.4) is 0 Å². The number of benzene rings is 2. The molecule has 0 radical (unpaired) electrons. The Morgan fingerprint density at radius 2 is 1.07 bits per heavy atom. The van der Waals surface area contributed by atoms with Crippen LogP contribution >= 0.6 is 15.9 Å². The van der Waals surface area contributed by atoms with Gasteiger partial charge in [0.05, 0.1) is 0 Å². The molecule has 2 aromatic rings. The van der Waals surface area contributed by atoms with Crippen molar-refractivity contribution in [1.82, 2.24) is 0 Å². The molecule has 0 spiro atoms. The molecule has 0 aliphatic heterocycles. The van der Waals surface area contributed by atoms with Crippen molar-refractivity contribution in [3.8, 4) is 5.75 Å². The summed E-state index contributed by atoms with van der Waals surface area (Å²) in [6, 6.07) is 18.8. The number of phenols is 1. The molecule has 1 N–H and O–H groups in total. The topological polar surface area (TPSA) is 20.2 Å². The zero-order valence-electron chi connectivity index (χ0n) is 7.60. The number of hydrogen-bond donors (Lipinski definition) is 1. The lowest BCUT2D eigenvalue weighted by Gasteiger charge is -1.87. The van der Waals surface area contributed by atoms with E-state index in [-0.39, 0.29) is 0 Å². The minimum Gasteiger partial charge on any atom is -0.508 e. The number of phenolic OH excluding ortho intramolecular Hbond substituents is 1. The maximum Gasteiger partial charge on any atom is 0.115 e. The fourth-order valence-corrected chi connectivity index (χ4v) is 1.09. The molecule has 1 nitrogen and oxygen atoms in total. The lowest BCUT2D eigenvalue weighted by molar-refractivity contribution is 0.475. The third-order valence-corrected chi connectivity index (χ3v) is 2.02. The van der Waals surface area contributed by atoms with Crippen molar-refractivity contribution < 1.29 is 5.11 Å². The second-order valence-corrected chi connectivity index (χ2v) is 3.55. The van der Waals surface area contributed by atoms with Gasteiger partial charge in [0.2, 0.25) is 0 Å². The van der Waals surface area contributed by atoms with E-state index < -0.39 is 0 Å². The fourth-order valence-electron chi connectivity index (χ4n) is 0.826. The first-order valence-electron chi connectivity index (χ1n) is 4.23. The first-order valence-corrected chi connectivity index (χ1v) is 5.03. The predicted octanol–water partition coefficient (Wildman–Crippen LogP) is 3.84. The SMILES string of the molecule is Oc1ccc(Br)cc1.c1ccccc1. The highest BCUT2D eigenvalue weighted by Crippen LogP contribution is 2.13. The average molecular weight is 251 g/mol. The van der Waals surface area contributed by atoms with Gasteiger partial charge < -0.3 is 5.11 Å². The minimum atomic E-state index is 0.299. The summed E-state index contributed by atoms with van der Waals surface area (Å²) in [5.41, 5.74) is 0. The molecule has 14 heavy (non-hydrogen) atoms. The largest absolute Gasteiger partial charge is 0.508 e. The third-order valence-electron chi connectivity index (χ3n) is 1.49. The molecule has 0 heterocycles. The molecule has 2 aromatic carbocycles. The van der Waals surface area contributed by atoms with Crippen LogP contribution < -0.4 is 0 Å². The summed E-state index contributed by atoms with van der Waals surface area (Å²) in [5.74, 6) is 0.299. The Morgan fingerprint density at radius 3 is 1.36 bits per heavy atom. The monoisotopic (exact) mass is 250 g/mol. The second kappa shape index (κ2) is 6.22. The summed E-state index contributed by atoms with van der Waals surface area (Å²) in [4.78, 5) is 0. The summed E-state index contributed by atoms with van der Waals surface area (Å²) in [5, 5.41) is 8.74. The van der Waals surface area contributed by atoms with Gasteiger partial charge in [0.15, 0.2) is 0 Å². The van der Waals surface area contributed by atoms with Gasteiger partial charge in [-0.25, -0.2) is 0 Å². The fraction of sp³-hybridized carbons (Fsp3) is 0. The molecule has 0 aromatic heterocycles. The summed E-state index contributed by atoms with van der Waals surface area (Å²) in [7, 11) is 0. The van der Waals surface area contributed by atoms with Crippen LogP contribution in [0.2, 0.25) is 0 Å². The Kier molecular flexibility index (Phi) is 4.79. The van der Waals surface area contributed by atoms with E-state index in [0.717, 1.165) is 4.47 Å². The lowest BCUT2D eigenvalue weighted by atomic mass is 10.3. The zero-order valence-corrected chi connectivity index (χ0v) is 9.18. The van der Waals surface area contributed by atoms with Gasteiger partial charge in [-0.15, -0.1) is 0 Å². The van der Waals surface area contributed by atoms with Crippen LogP contribution in [0.15, 0.2) is 65.1 Å². The minimum absolute atomic E-state index is 0.299. The molecule has 0 unspecified atom stereocenters. The van der Waals surface area contributed by atoms with E-state index in [1.165, 1.54) is 0 Å². The summed E-state index contributed by atoms with van der Waals surface area (Å²) >= 11 is 3.23. The quantitative estimate of drug-likeness (QED) is 0.754. The van der Waals surface area contributed by atoms with Crippen LogP contribution in [0.5, 0.6) is 5.75 Å². The van der Waals surface area contributed by atoms with Gasteiger partial charge in [-0.3, -0.25) is 0 Å². The van der Waals surface area contributed by atoms with Gasteiger partial charge in [-0.2, -0.15) is 0 Å². The summed E-state index contributed by atoms with van der Waals surface area (Å²) in [6.07, 6.45) is 0. The molecule has 72 valence electrons. The van der Waals surface area contributed by atoms with Gasteiger partial charge in [0, 0.05) is 4.47 Å². The first kappa shape index (κ1) is 10.8. The predicted molar refractivity (Wildman–Crippen MR) is 62.2 cm³/mol. The van der Waals surface area contributed by atoms with Crippen LogP contribution in [0, 0.1) is 0 Å². The van der Waals surface area contributed by atoms with Gasteiger partial charge >= 0.3 is 0 Å². The third kappa shape index (κ3) is 4.67. The summed E-state index contributed by atoms with van der Waals surface area (Å²) in [6.45, 7) is 0. The lowest BCUT2D eigenvalue weighted by Crippen LogP contribution is -1.61. The van der Waals surface area contributed by atoms with Crippen LogP contribution in [0.25, 0.3) is 0 Å². The molecule has 2 rings (SSSR count). The Balaban J connectivity index is 0.000000146. The normalized spacial score (nSPS) is 8.64. The Morgan fingerprint density at radius 1 is 0.714 bits per heavy atom. The van der Waals surface area contributed by atoms with Crippen molar-refractivity contribution in [1.29, 1.82) is 0 Å². The second-order valence-electron chi connectivity index (χ2n) is 2.63. The van der Waals surface area contributed by atoms with E-state index in [2.05, 4.69) is 15.9 Å². The van der Waals surface area contributed by atoms with E-state index in [0.29, 0.717) is 5.75 Å². The molecular weight excluding hydrogens is 240 g/mol. The van der Waals surface area contributed by atoms with Crippen LogP contribution in [-0.2, 0) is 0 Å². The Labute approximate surface area is 92.2 Å². The smallest absolute Gasteiger partial charge is 0.115 e. The molecular formula is C12H11BrO. The highest BCUT2D eigenvalue weighted by molar-refractivity contribution is 9.10. The highest BCUT2D eigenvalue weighted by Gasteiger charge is 1.83. The van der Waals surface area contributed by atoms with Crippen molar-refractivity contribution >= 4 is 15.9 Å². The summed E-state index contributed by atoms with van der Waals surface area (Å²) < 4.78 is 0.982. The van der Waals surface area contributed by atoms with Crippen molar-refractivity contribution in [2.24, 2.45) is 0 Å². The van der Waals surface area contributed by atoms with Crippen molar-refractivity contribution in [3.63, 3.8) is 0 Å². The number of rotatable bonds is 0. The first-order chi connectivity index (χ1) is 6.79.